The summed E-state index contributed by atoms with van der Waals surface area (Å²) >= 11 is 0. The molecule has 1 saturated heterocycles. The van der Waals surface area contributed by atoms with Crippen molar-refractivity contribution in [1.29, 1.82) is 0 Å². The normalized spacial score (nSPS) is 19.6. The van der Waals surface area contributed by atoms with E-state index in [1.54, 1.807) is 0 Å². The average molecular weight is 320 g/mol. The monoisotopic (exact) mass is 318 g/mol. The first-order valence-electron chi connectivity index (χ1n) is 7.15. The average Bonchev–Trinajstić information content (AvgIpc) is 1.95. The van der Waals surface area contributed by atoms with Gasteiger partial charge in [0.15, 0.2) is 0 Å². The van der Waals surface area contributed by atoms with E-state index in [-0.39, 0.29) is 30.6 Å². The smallest absolute Gasteiger partial charge is 0.652 e. The van der Waals surface area contributed by atoms with E-state index >= 15 is 0 Å². The molecule has 0 spiro atoms. The maximum absolute atomic E-state index is 4.75. The van der Waals surface area contributed by atoms with E-state index in [9.17, 15) is 0 Å². The molecule has 0 aromatic carbocycles. The van der Waals surface area contributed by atoms with Crippen molar-refractivity contribution in [3.05, 3.63) is 17.2 Å². The minimum Gasteiger partial charge on any atom is -0.652 e. The van der Waals surface area contributed by atoms with E-state index in [2.05, 4.69) is 69.2 Å². The van der Waals surface area contributed by atoms with Crippen LogP contribution in [0.2, 0.25) is 0 Å². The Morgan fingerprint density at radius 3 is 1.00 bits per heavy atom. The molecular formula is C17H36NZn-. The van der Waals surface area contributed by atoms with E-state index < -0.39 is 0 Å². The van der Waals surface area contributed by atoms with Crippen molar-refractivity contribution in [2.75, 3.05) is 0 Å². The topological polar surface area (TPSA) is 14.1 Å². The van der Waals surface area contributed by atoms with E-state index in [0.717, 1.165) is 0 Å². The molecule has 112 valence electrons. The Morgan fingerprint density at radius 1 is 0.684 bits per heavy atom. The van der Waals surface area contributed by atoms with Crippen molar-refractivity contribution in [2.24, 2.45) is 0 Å². The van der Waals surface area contributed by atoms with Gasteiger partial charge in [0.2, 0.25) is 0 Å². The quantitative estimate of drug-likeness (QED) is 0.365. The molecule has 0 radical (unpaired) electrons. The zero-order valence-electron chi connectivity index (χ0n) is 15.3. The van der Waals surface area contributed by atoms with Gasteiger partial charge in [-0.1, -0.05) is 47.0 Å². The van der Waals surface area contributed by atoms with Crippen LogP contribution < -0.4 is 0 Å². The van der Waals surface area contributed by atoms with Gasteiger partial charge in [0, 0.05) is 0 Å². The standard InChI is InChI=1S/C9H18N.2C4H9.Zn/c1-8(2)6-5-7-9(3,4)10-8;2*1-4(2)3;/h5-7H2,1-4H3;2*1-3H3;/q3*-1;+2. The Labute approximate surface area is 136 Å². The third-order valence-corrected chi connectivity index (χ3v) is 2.18. The predicted molar refractivity (Wildman–Crippen MR) is 85.9 cm³/mol. The molecule has 0 atom stereocenters. The summed E-state index contributed by atoms with van der Waals surface area (Å²) in [6.07, 6.45) is 3.86. The zero-order valence-corrected chi connectivity index (χ0v) is 18.2. The Balaban J connectivity index is -0.000000242. The van der Waals surface area contributed by atoms with Crippen LogP contribution in [-0.2, 0) is 19.5 Å². The maximum Gasteiger partial charge on any atom is 2.00 e. The van der Waals surface area contributed by atoms with Gasteiger partial charge in [-0.05, 0) is 0 Å². The van der Waals surface area contributed by atoms with Crippen LogP contribution in [0.3, 0.4) is 0 Å². The molecule has 0 unspecified atom stereocenters. The van der Waals surface area contributed by atoms with Gasteiger partial charge in [-0.25, -0.2) is 0 Å². The van der Waals surface area contributed by atoms with Gasteiger partial charge < -0.3 is 17.2 Å². The Kier molecular flexibility index (Phi) is 14.6. The molecule has 1 rings (SSSR count). The first-order valence-corrected chi connectivity index (χ1v) is 7.15. The molecule has 0 bridgehead atoms. The molecule has 0 aliphatic carbocycles. The third kappa shape index (κ3) is 24.0. The number of hydrogen-bond acceptors (Lipinski definition) is 0. The molecule has 1 nitrogen and oxygen atoms in total. The Morgan fingerprint density at radius 2 is 0.895 bits per heavy atom. The fourth-order valence-electron chi connectivity index (χ4n) is 1.88. The summed E-state index contributed by atoms with van der Waals surface area (Å²) in [5, 5.41) is 4.75. The first kappa shape index (κ1) is 24.6. The van der Waals surface area contributed by atoms with E-state index in [0.29, 0.717) is 0 Å². The molecule has 1 aliphatic heterocycles. The fraction of sp³-hybridized carbons (Fsp3) is 0.882. The van der Waals surface area contributed by atoms with Crippen molar-refractivity contribution in [1.82, 2.24) is 0 Å². The van der Waals surface area contributed by atoms with Gasteiger partial charge in [0.1, 0.15) is 0 Å². The summed E-state index contributed by atoms with van der Waals surface area (Å²) in [4.78, 5) is 0. The number of nitrogens with zero attached hydrogens (tertiary/aromatic N) is 1. The molecule has 0 aromatic rings. The number of piperidine rings is 1. The van der Waals surface area contributed by atoms with Crippen LogP contribution in [0.5, 0.6) is 0 Å². The molecule has 1 heterocycles. The largest absolute Gasteiger partial charge is 2.00 e. The van der Waals surface area contributed by atoms with Crippen molar-refractivity contribution in [3.8, 4) is 0 Å². The maximum atomic E-state index is 4.75. The summed E-state index contributed by atoms with van der Waals surface area (Å²) in [7, 11) is 0. The molecule has 0 aromatic heterocycles. The van der Waals surface area contributed by atoms with Gasteiger partial charge in [-0.2, -0.15) is 41.5 Å². The number of rotatable bonds is 0. The summed E-state index contributed by atoms with van der Waals surface area (Å²) in [6, 6.07) is 0. The molecule has 0 N–H and O–H groups in total. The van der Waals surface area contributed by atoms with Gasteiger partial charge in [0.25, 0.3) is 0 Å². The summed E-state index contributed by atoms with van der Waals surface area (Å²) < 4.78 is 0. The summed E-state index contributed by atoms with van der Waals surface area (Å²) in [6.45, 7) is 21.4. The van der Waals surface area contributed by atoms with E-state index in [1.165, 1.54) is 31.1 Å². The van der Waals surface area contributed by atoms with E-state index in [4.69, 9.17) is 5.32 Å². The molecule has 19 heavy (non-hydrogen) atoms. The second-order valence-corrected chi connectivity index (χ2v) is 7.59. The van der Waals surface area contributed by atoms with Crippen LogP contribution in [0.4, 0.5) is 0 Å². The van der Waals surface area contributed by atoms with Crippen LogP contribution in [0.15, 0.2) is 0 Å². The minimum atomic E-state index is 0. The zero-order chi connectivity index (χ0) is 15.0. The number of hydrogen-bond donors (Lipinski definition) is 0. The fourth-order valence-corrected chi connectivity index (χ4v) is 1.88. The first-order chi connectivity index (χ1) is 7.88. The molecule has 1 aliphatic rings. The van der Waals surface area contributed by atoms with Crippen LogP contribution in [0, 0.1) is 11.8 Å². The van der Waals surface area contributed by atoms with Crippen LogP contribution in [0.1, 0.15) is 88.5 Å². The molecule has 0 amide bonds. The summed E-state index contributed by atoms with van der Waals surface area (Å²) in [5.74, 6) is 2.83. The van der Waals surface area contributed by atoms with Crippen molar-refractivity contribution in [2.45, 2.75) is 99.6 Å². The molecular weight excluding hydrogens is 284 g/mol. The minimum absolute atomic E-state index is 0. The molecule has 2 heteroatoms. The van der Waals surface area contributed by atoms with E-state index in [1.807, 2.05) is 0 Å². The molecule has 1 fully saturated rings. The Hall–Kier alpha value is 0.583. The SMILES string of the molecule is CC1(C)CCCC(C)(C)[N-]1.C[C-](C)C.C[C-](C)C.[Zn+2]. The second-order valence-electron chi connectivity index (χ2n) is 7.59. The van der Waals surface area contributed by atoms with Gasteiger partial charge in [0.05, 0.1) is 0 Å². The third-order valence-electron chi connectivity index (χ3n) is 2.18. The van der Waals surface area contributed by atoms with Crippen molar-refractivity contribution >= 4 is 0 Å². The summed E-state index contributed by atoms with van der Waals surface area (Å²) in [5.41, 5.74) is 0.476. The predicted octanol–water partition coefficient (Wildman–Crippen LogP) is 6.34. The van der Waals surface area contributed by atoms with Crippen LogP contribution >= 0.6 is 0 Å². The van der Waals surface area contributed by atoms with Crippen LogP contribution in [-0.4, -0.2) is 11.1 Å². The Bertz CT molecular complexity index is 170. The van der Waals surface area contributed by atoms with Gasteiger partial charge in [-0.3, -0.25) is 0 Å². The van der Waals surface area contributed by atoms with Crippen molar-refractivity contribution < 1.29 is 19.5 Å². The second kappa shape index (κ2) is 11.3. The molecule has 0 saturated carbocycles. The van der Waals surface area contributed by atoms with Gasteiger partial charge in [-0.15, -0.1) is 11.1 Å². The van der Waals surface area contributed by atoms with Crippen LogP contribution in [0.25, 0.3) is 5.32 Å². The van der Waals surface area contributed by atoms with Gasteiger partial charge >= 0.3 is 19.5 Å². The van der Waals surface area contributed by atoms with Crippen molar-refractivity contribution in [3.63, 3.8) is 0 Å².